The molecule has 1 unspecified atom stereocenters. The summed E-state index contributed by atoms with van der Waals surface area (Å²) in [6, 6.07) is 15.2. The molecule has 0 bridgehead atoms. The van der Waals surface area contributed by atoms with Crippen molar-refractivity contribution >= 4 is 17.5 Å². The molecule has 1 aliphatic heterocycles. The summed E-state index contributed by atoms with van der Waals surface area (Å²) in [5.74, 6) is -2.12. The van der Waals surface area contributed by atoms with Crippen molar-refractivity contribution in [2.75, 3.05) is 6.54 Å². The molecule has 1 amide bonds. The van der Waals surface area contributed by atoms with Crippen molar-refractivity contribution in [2.45, 2.75) is 56.7 Å². The van der Waals surface area contributed by atoms with Crippen LogP contribution in [0.4, 0.5) is 8.78 Å². The summed E-state index contributed by atoms with van der Waals surface area (Å²) in [6.07, 6.45) is 2.22. The molecule has 7 nitrogen and oxygen atoms in total. The molecule has 2 fully saturated rings. The lowest BCUT2D eigenvalue weighted by molar-refractivity contribution is -0.138. The van der Waals surface area contributed by atoms with Crippen molar-refractivity contribution in [3.8, 4) is 11.3 Å². The quantitative estimate of drug-likeness (QED) is 0.324. The van der Waals surface area contributed by atoms with Gasteiger partial charge in [0.05, 0.1) is 24.2 Å². The fourth-order valence-corrected chi connectivity index (χ4v) is 6.22. The number of nitrogens with zero attached hydrogens (tertiary/aromatic N) is 4. The molecule has 0 spiro atoms. The van der Waals surface area contributed by atoms with Gasteiger partial charge in [-0.05, 0) is 67.0 Å². The van der Waals surface area contributed by atoms with Crippen molar-refractivity contribution < 1.29 is 23.5 Å². The molecule has 3 heterocycles. The van der Waals surface area contributed by atoms with E-state index < -0.39 is 23.9 Å². The minimum absolute atomic E-state index is 0.0472. The Kier molecular flexibility index (Phi) is 5.73. The number of halogens is 2. The highest BCUT2D eigenvalue weighted by Crippen LogP contribution is 2.48. The number of amides is 1. The molecule has 2 aromatic heterocycles. The first-order valence-electron chi connectivity index (χ1n) is 13.8. The second kappa shape index (κ2) is 9.21. The molecule has 204 valence electrons. The summed E-state index contributed by atoms with van der Waals surface area (Å²) in [5, 5.41) is 13.9. The Balaban J connectivity index is 1.25. The van der Waals surface area contributed by atoms with Gasteiger partial charge in [0.1, 0.15) is 17.7 Å². The normalized spacial score (nSPS) is 24.0. The van der Waals surface area contributed by atoms with E-state index in [1.807, 2.05) is 25.1 Å². The van der Waals surface area contributed by atoms with Gasteiger partial charge >= 0.3 is 5.97 Å². The first-order valence-corrected chi connectivity index (χ1v) is 13.8. The van der Waals surface area contributed by atoms with Gasteiger partial charge in [-0.15, -0.1) is 0 Å². The minimum Gasteiger partial charge on any atom is -0.481 e. The number of rotatable bonds is 5. The van der Waals surface area contributed by atoms with Crippen LogP contribution in [0, 0.1) is 11.7 Å². The summed E-state index contributed by atoms with van der Waals surface area (Å²) in [7, 11) is 0. The van der Waals surface area contributed by atoms with E-state index in [9.17, 15) is 14.7 Å². The van der Waals surface area contributed by atoms with Crippen LogP contribution in [-0.4, -0.2) is 43.0 Å². The fraction of sp³-hybridized carbons (Fsp3) is 0.355. The van der Waals surface area contributed by atoms with Crippen LogP contribution in [0.3, 0.4) is 0 Å². The van der Waals surface area contributed by atoms with Gasteiger partial charge in [0.15, 0.2) is 5.65 Å². The van der Waals surface area contributed by atoms with Crippen molar-refractivity contribution in [3.63, 3.8) is 0 Å². The molecule has 2 aliphatic carbocycles. The van der Waals surface area contributed by atoms with Gasteiger partial charge in [-0.2, -0.15) is 5.10 Å². The number of hydrogen-bond donors (Lipinski definition) is 1. The SMILES string of the molecule is C[C@@H]1c2ccccc2C(F)CN1C(=O)c1cc(C2CCC2)n2nc(-c3ccc([C@H]4C[C@@H]4C(=O)O)cc3F)cc2n1. The zero-order valence-corrected chi connectivity index (χ0v) is 21.9. The molecule has 0 radical (unpaired) electrons. The van der Waals surface area contributed by atoms with Gasteiger partial charge in [0, 0.05) is 23.2 Å². The van der Waals surface area contributed by atoms with Gasteiger partial charge in [0.25, 0.3) is 5.91 Å². The maximum atomic E-state index is 15.3. The molecule has 9 heteroatoms. The highest BCUT2D eigenvalue weighted by Gasteiger charge is 2.44. The lowest BCUT2D eigenvalue weighted by Crippen LogP contribution is -2.40. The predicted octanol–water partition coefficient (Wildman–Crippen LogP) is 6.22. The second-order valence-electron chi connectivity index (χ2n) is 11.2. The van der Waals surface area contributed by atoms with Gasteiger partial charge in [-0.25, -0.2) is 18.3 Å². The molecule has 40 heavy (non-hydrogen) atoms. The molecular formula is C31H28F2N4O3. The molecule has 2 saturated carbocycles. The van der Waals surface area contributed by atoms with Crippen molar-refractivity contribution in [2.24, 2.45) is 5.92 Å². The smallest absolute Gasteiger partial charge is 0.307 e. The number of benzene rings is 2. The molecule has 1 N–H and O–H groups in total. The van der Waals surface area contributed by atoms with Crippen molar-refractivity contribution in [1.82, 2.24) is 19.5 Å². The molecule has 3 aliphatic rings. The number of carboxylic acids is 1. The standard InChI is InChI=1S/C31H28F2N4O3/c1-16-19-7-2-3-8-20(19)25(33)15-36(16)30(38)27-13-28(17-5-4-6-17)37-29(34-27)14-26(35-37)21-10-9-18(11-24(21)32)22-12-23(22)31(39)40/h2-3,7-11,13-14,16-17,22-23,25H,4-6,12,15H2,1H3,(H,39,40)/t16-,22-,23+,25?/m1/s1. The molecule has 0 saturated heterocycles. The van der Waals surface area contributed by atoms with E-state index in [2.05, 4.69) is 10.1 Å². The van der Waals surface area contributed by atoms with E-state index in [-0.39, 0.29) is 41.6 Å². The number of aliphatic carboxylic acids is 1. The van der Waals surface area contributed by atoms with E-state index >= 15 is 8.78 Å². The first-order chi connectivity index (χ1) is 19.3. The molecule has 7 rings (SSSR count). The van der Waals surface area contributed by atoms with Gasteiger partial charge in [0.2, 0.25) is 0 Å². The second-order valence-corrected chi connectivity index (χ2v) is 11.2. The first kappa shape index (κ1) is 24.9. The third-order valence-electron chi connectivity index (χ3n) is 8.87. The van der Waals surface area contributed by atoms with Crippen LogP contribution in [0.1, 0.15) is 89.5 Å². The minimum atomic E-state index is -1.28. The Morgan fingerprint density at radius 3 is 2.50 bits per heavy atom. The highest BCUT2D eigenvalue weighted by atomic mass is 19.1. The molecule has 2 aromatic carbocycles. The number of carboxylic acid groups (broad SMARTS) is 1. The molecule has 4 aromatic rings. The summed E-state index contributed by atoms with van der Waals surface area (Å²) in [4.78, 5) is 31.2. The Morgan fingerprint density at radius 2 is 1.82 bits per heavy atom. The maximum Gasteiger partial charge on any atom is 0.307 e. The van der Waals surface area contributed by atoms with Crippen LogP contribution in [0.15, 0.2) is 54.6 Å². The van der Waals surface area contributed by atoms with E-state index in [0.717, 1.165) is 30.5 Å². The zero-order valence-electron chi connectivity index (χ0n) is 21.9. The Hall–Kier alpha value is -4.14. The average Bonchev–Trinajstić information content (AvgIpc) is 3.61. The van der Waals surface area contributed by atoms with Gasteiger partial charge in [-0.1, -0.05) is 36.8 Å². The highest BCUT2D eigenvalue weighted by molar-refractivity contribution is 5.93. The van der Waals surface area contributed by atoms with E-state index in [1.165, 1.54) is 11.0 Å². The van der Waals surface area contributed by atoms with E-state index in [0.29, 0.717) is 28.9 Å². The van der Waals surface area contributed by atoms with Crippen LogP contribution in [0.5, 0.6) is 0 Å². The van der Waals surface area contributed by atoms with Gasteiger partial charge < -0.3 is 10.0 Å². The number of carbonyl (C=O) groups excluding carboxylic acids is 1. The summed E-state index contributed by atoms with van der Waals surface area (Å²) < 4.78 is 32.0. The Labute approximate surface area is 229 Å². The summed E-state index contributed by atoms with van der Waals surface area (Å²) >= 11 is 0. The maximum absolute atomic E-state index is 15.3. The average molecular weight is 543 g/mol. The van der Waals surface area contributed by atoms with Crippen LogP contribution in [0.25, 0.3) is 16.9 Å². The van der Waals surface area contributed by atoms with Crippen molar-refractivity contribution in [1.29, 1.82) is 0 Å². The number of fused-ring (bicyclic) bond motifs is 2. The summed E-state index contributed by atoms with van der Waals surface area (Å²) in [6.45, 7) is 1.85. The van der Waals surface area contributed by atoms with E-state index in [4.69, 9.17) is 0 Å². The largest absolute Gasteiger partial charge is 0.481 e. The third-order valence-corrected chi connectivity index (χ3v) is 8.87. The predicted molar refractivity (Wildman–Crippen MR) is 143 cm³/mol. The summed E-state index contributed by atoms with van der Waals surface area (Å²) in [5.41, 5.74) is 4.25. The van der Waals surface area contributed by atoms with Crippen LogP contribution in [0.2, 0.25) is 0 Å². The number of hydrogen-bond acceptors (Lipinski definition) is 4. The Morgan fingerprint density at radius 1 is 1.05 bits per heavy atom. The van der Waals surface area contributed by atoms with Gasteiger partial charge in [-0.3, -0.25) is 9.59 Å². The fourth-order valence-electron chi connectivity index (χ4n) is 6.22. The number of carbonyl (C=O) groups is 2. The van der Waals surface area contributed by atoms with Crippen LogP contribution in [-0.2, 0) is 4.79 Å². The molecular weight excluding hydrogens is 514 g/mol. The topological polar surface area (TPSA) is 87.8 Å². The third kappa shape index (κ3) is 3.98. The van der Waals surface area contributed by atoms with Crippen LogP contribution < -0.4 is 0 Å². The monoisotopic (exact) mass is 542 g/mol. The molecule has 4 atom stereocenters. The van der Waals surface area contributed by atoms with Crippen LogP contribution >= 0.6 is 0 Å². The van der Waals surface area contributed by atoms with Crippen molar-refractivity contribution in [3.05, 3.63) is 88.5 Å². The lowest BCUT2D eigenvalue weighted by atomic mass is 9.82. The number of alkyl halides is 1. The Bertz CT molecular complexity index is 1680. The lowest BCUT2D eigenvalue weighted by Gasteiger charge is -2.37. The van der Waals surface area contributed by atoms with E-state index in [1.54, 1.807) is 34.8 Å². The zero-order chi connectivity index (χ0) is 27.7. The number of aromatic nitrogens is 3.